The SMILES string of the molecule is Cc1cc(CC(=O)N2CCCC2C(=O)Nc2ccc(/C=C/c3ccc(NC(=O)C4CCCN4C(=O)C4CCC4)cc3)cc2)on1. The van der Waals surface area contributed by atoms with Gasteiger partial charge < -0.3 is 25.0 Å². The van der Waals surface area contributed by atoms with Gasteiger partial charge in [-0.15, -0.1) is 0 Å². The average Bonchev–Trinajstić information content (AvgIpc) is 3.78. The second kappa shape index (κ2) is 13.5. The Morgan fingerprint density at radius 2 is 1.31 bits per heavy atom. The largest absolute Gasteiger partial charge is 0.361 e. The molecule has 6 rings (SSSR count). The molecule has 0 bridgehead atoms. The first-order valence-corrected chi connectivity index (χ1v) is 15.9. The normalized spacial score (nSPS) is 19.9. The molecule has 2 saturated heterocycles. The predicted octanol–water partition coefficient (Wildman–Crippen LogP) is 5.06. The van der Waals surface area contributed by atoms with Crippen molar-refractivity contribution in [3.8, 4) is 0 Å². The van der Waals surface area contributed by atoms with Gasteiger partial charge in [0.25, 0.3) is 0 Å². The molecule has 2 unspecified atom stereocenters. The van der Waals surface area contributed by atoms with Crippen LogP contribution in [0.5, 0.6) is 0 Å². The summed E-state index contributed by atoms with van der Waals surface area (Å²) in [6, 6.07) is 16.0. The maximum atomic E-state index is 13.0. The van der Waals surface area contributed by atoms with E-state index in [0.717, 1.165) is 48.9 Å². The average molecular weight is 610 g/mol. The van der Waals surface area contributed by atoms with Crippen LogP contribution >= 0.6 is 0 Å². The Morgan fingerprint density at radius 3 is 1.80 bits per heavy atom. The predicted molar refractivity (Wildman–Crippen MR) is 171 cm³/mol. The molecule has 2 aliphatic heterocycles. The third-order valence-corrected chi connectivity index (χ3v) is 9.00. The van der Waals surface area contributed by atoms with Gasteiger partial charge in [-0.1, -0.05) is 48.0 Å². The highest BCUT2D eigenvalue weighted by atomic mass is 16.5. The maximum Gasteiger partial charge on any atom is 0.247 e. The van der Waals surface area contributed by atoms with E-state index in [0.29, 0.717) is 43.1 Å². The first-order chi connectivity index (χ1) is 21.8. The van der Waals surface area contributed by atoms with E-state index in [4.69, 9.17) is 4.52 Å². The monoisotopic (exact) mass is 609 g/mol. The lowest BCUT2D eigenvalue weighted by Crippen LogP contribution is -2.46. The van der Waals surface area contributed by atoms with E-state index in [9.17, 15) is 19.2 Å². The van der Waals surface area contributed by atoms with Crippen LogP contribution in [0.4, 0.5) is 11.4 Å². The van der Waals surface area contributed by atoms with Crippen molar-refractivity contribution in [3.05, 3.63) is 77.2 Å². The minimum Gasteiger partial charge on any atom is -0.361 e. The Labute approximate surface area is 262 Å². The van der Waals surface area contributed by atoms with Crippen molar-refractivity contribution in [3.63, 3.8) is 0 Å². The fourth-order valence-corrected chi connectivity index (χ4v) is 6.28. The van der Waals surface area contributed by atoms with Crippen LogP contribution in [0.25, 0.3) is 12.2 Å². The van der Waals surface area contributed by atoms with Gasteiger partial charge >= 0.3 is 0 Å². The number of likely N-dealkylation sites (tertiary alicyclic amines) is 2. The number of amides is 4. The summed E-state index contributed by atoms with van der Waals surface area (Å²) in [6.45, 7) is 3.01. The van der Waals surface area contributed by atoms with Crippen molar-refractivity contribution in [2.24, 2.45) is 5.92 Å². The zero-order chi connectivity index (χ0) is 31.3. The van der Waals surface area contributed by atoms with Crippen molar-refractivity contribution in [2.75, 3.05) is 23.7 Å². The van der Waals surface area contributed by atoms with Crippen molar-refractivity contribution in [1.29, 1.82) is 0 Å². The van der Waals surface area contributed by atoms with Gasteiger partial charge in [0.2, 0.25) is 23.6 Å². The summed E-state index contributed by atoms with van der Waals surface area (Å²) in [5, 5.41) is 9.77. The lowest BCUT2D eigenvalue weighted by atomic mass is 9.84. The van der Waals surface area contributed by atoms with Crippen LogP contribution in [0.3, 0.4) is 0 Å². The van der Waals surface area contributed by atoms with E-state index in [1.54, 1.807) is 22.8 Å². The summed E-state index contributed by atoms with van der Waals surface area (Å²) in [7, 11) is 0. The first kappa shape index (κ1) is 30.3. The van der Waals surface area contributed by atoms with Crippen molar-refractivity contribution >= 4 is 47.2 Å². The molecule has 3 aliphatic rings. The van der Waals surface area contributed by atoms with E-state index in [-0.39, 0.29) is 42.0 Å². The molecule has 10 nitrogen and oxygen atoms in total. The van der Waals surface area contributed by atoms with Gasteiger partial charge in [0.05, 0.1) is 12.1 Å². The second-order valence-corrected chi connectivity index (χ2v) is 12.2. The van der Waals surface area contributed by atoms with Gasteiger partial charge in [0, 0.05) is 36.4 Å². The van der Waals surface area contributed by atoms with Crippen LogP contribution in [-0.4, -0.2) is 63.8 Å². The molecule has 2 aromatic carbocycles. The molecule has 0 spiro atoms. The van der Waals surface area contributed by atoms with Crippen molar-refractivity contribution in [2.45, 2.75) is 70.4 Å². The number of benzene rings is 2. The maximum absolute atomic E-state index is 13.0. The van der Waals surface area contributed by atoms with Gasteiger partial charge in [-0.2, -0.15) is 0 Å². The highest BCUT2D eigenvalue weighted by molar-refractivity contribution is 5.98. The van der Waals surface area contributed by atoms with Gasteiger partial charge in [-0.05, 0) is 80.8 Å². The Hall–Kier alpha value is -4.73. The van der Waals surface area contributed by atoms with Gasteiger partial charge in [-0.25, -0.2) is 0 Å². The van der Waals surface area contributed by atoms with Crippen molar-refractivity contribution < 1.29 is 23.7 Å². The van der Waals surface area contributed by atoms with Crippen LogP contribution in [0.2, 0.25) is 0 Å². The molecule has 45 heavy (non-hydrogen) atoms. The molecular weight excluding hydrogens is 570 g/mol. The Morgan fingerprint density at radius 1 is 0.778 bits per heavy atom. The van der Waals surface area contributed by atoms with Gasteiger partial charge in [0.15, 0.2) is 0 Å². The standard InChI is InChI=1S/C35H39N5O5/c1-23-21-29(45-38-23)22-32(41)39-19-3-7-30(39)33(42)36-27-15-11-24(12-16-27)9-10-25-13-17-28(18-14-25)37-34(43)31-8-4-20-40(31)35(44)26-5-2-6-26/h9-18,21,26,30-31H,2-8,19-20,22H2,1H3,(H,36,42)(H,37,43)/b10-9+. The number of nitrogens with one attached hydrogen (secondary N) is 2. The molecule has 2 N–H and O–H groups in total. The van der Waals surface area contributed by atoms with Crippen LogP contribution < -0.4 is 10.6 Å². The second-order valence-electron chi connectivity index (χ2n) is 12.2. The topological polar surface area (TPSA) is 125 Å². The zero-order valence-electron chi connectivity index (χ0n) is 25.5. The van der Waals surface area contributed by atoms with Gasteiger partial charge in [-0.3, -0.25) is 19.2 Å². The molecule has 1 saturated carbocycles. The molecular formula is C35H39N5O5. The third kappa shape index (κ3) is 7.16. The van der Waals surface area contributed by atoms with E-state index in [1.165, 1.54) is 0 Å². The molecule has 3 fully saturated rings. The molecule has 1 aliphatic carbocycles. The van der Waals surface area contributed by atoms with E-state index >= 15 is 0 Å². The van der Waals surface area contributed by atoms with Crippen LogP contribution in [-0.2, 0) is 25.6 Å². The Kier molecular flexibility index (Phi) is 9.09. The number of hydrogen-bond donors (Lipinski definition) is 2. The summed E-state index contributed by atoms with van der Waals surface area (Å²) in [5.74, 6) is 0.271. The fourth-order valence-electron chi connectivity index (χ4n) is 6.28. The van der Waals surface area contributed by atoms with E-state index < -0.39 is 6.04 Å². The summed E-state index contributed by atoms with van der Waals surface area (Å²) < 4.78 is 5.17. The number of anilines is 2. The summed E-state index contributed by atoms with van der Waals surface area (Å²) in [4.78, 5) is 55.0. The van der Waals surface area contributed by atoms with Crippen LogP contribution in [0, 0.1) is 12.8 Å². The molecule has 2 atom stereocenters. The highest BCUT2D eigenvalue weighted by Crippen LogP contribution is 2.31. The molecule has 4 amide bonds. The molecule has 1 aromatic heterocycles. The molecule has 3 aromatic rings. The van der Waals surface area contributed by atoms with Gasteiger partial charge in [0.1, 0.15) is 17.8 Å². The highest BCUT2D eigenvalue weighted by Gasteiger charge is 2.39. The number of carbonyl (C=O) groups excluding carboxylic acids is 4. The fraction of sp³-hybridized carbons (Fsp3) is 0.400. The van der Waals surface area contributed by atoms with Crippen LogP contribution in [0.1, 0.15) is 67.5 Å². The van der Waals surface area contributed by atoms with Crippen LogP contribution in [0.15, 0.2) is 59.1 Å². The zero-order valence-corrected chi connectivity index (χ0v) is 25.5. The molecule has 234 valence electrons. The summed E-state index contributed by atoms with van der Waals surface area (Å²) in [5.41, 5.74) is 4.02. The molecule has 10 heteroatoms. The number of aryl methyl sites for hydroxylation is 1. The number of rotatable bonds is 9. The lowest BCUT2D eigenvalue weighted by Gasteiger charge is -2.32. The number of carbonyl (C=O) groups is 4. The minimum absolute atomic E-state index is 0.0880. The molecule has 3 heterocycles. The number of aromatic nitrogens is 1. The van der Waals surface area contributed by atoms with E-state index in [2.05, 4.69) is 15.8 Å². The number of nitrogens with zero attached hydrogens (tertiary/aromatic N) is 3. The van der Waals surface area contributed by atoms with E-state index in [1.807, 2.05) is 60.7 Å². The smallest absolute Gasteiger partial charge is 0.247 e. The Balaban J connectivity index is 0.989. The first-order valence-electron chi connectivity index (χ1n) is 15.9. The molecule has 0 radical (unpaired) electrons. The van der Waals surface area contributed by atoms with Crippen molar-refractivity contribution in [1.82, 2.24) is 15.0 Å². The minimum atomic E-state index is -0.513. The number of hydrogen-bond acceptors (Lipinski definition) is 6. The lowest BCUT2D eigenvalue weighted by molar-refractivity contribution is -0.142. The Bertz CT molecular complexity index is 1570. The summed E-state index contributed by atoms with van der Waals surface area (Å²) >= 11 is 0. The third-order valence-electron chi connectivity index (χ3n) is 9.00. The summed E-state index contributed by atoms with van der Waals surface area (Å²) in [6.07, 6.45) is 9.98. The quantitative estimate of drug-likeness (QED) is 0.327.